The van der Waals surface area contributed by atoms with E-state index in [9.17, 15) is 0 Å². The Balaban J connectivity index is 0. The number of hydrogen-bond donors (Lipinski definition) is 0. The largest absolute Gasteiger partial charge is 0.457 e. The fourth-order valence-corrected chi connectivity index (χ4v) is 2.16. The average Bonchev–Trinajstić information content (AvgIpc) is 2.07. The van der Waals surface area contributed by atoms with Crippen LogP contribution in [0.5, 0.6) is 11.5 Å². The fourth-order valence-electron chi connectivity index (χ4n) is 0.929. The van der Waals surface area contributed by atoms with Crippen LogP contribution in [0.25, 0.3) is 0 Å². The van der Waals surface area contributed by atoms with Crippen molar-refractivity contribution in [3.8, 4) is 11.5 Å². The van der Waals surface area contributed by atoms with E-state index in [1.54, 1.807) is 0 Å². The minimum atomic E-state index is 0. The Bertz CT molecular complexity index is 217. The first-order valence-electron chi connectivity index (χ1n) is 4.35. The van der Waals surface area contributed by atoms with E-state index >= 15 is 0 Å². The minimum Gasteiger partial charge on any atom is -0.457 e. The van der Waals surface area contributed by atoms with Crippen LogP contribution in [0.1, 0.15) is 13.8 Å². The van der Waals surface area contributed by atoms with Crippen LogP contribution in [0.3, 0.4) is 0 Å². The van der Waals surface area contributed by atoms with Gasteiger partial charge in [-0.1, -0.05) is 6.07 Å². The zero-order valence-electron chi connectivity index (χ0n) is 8.45. The molecule has 0 N–H and O–H groups in total. The van der Waals surface area contributed by atoms with Crippen molar-refractivity contribution < 1.29 is 28.0 Å². The standard InChI is InChI=1S/C6H4O.2C2H5.2ClH.Zr/c1-2-5-4-6(3-1)7-5;2*1-2;;;/h1-4H;2*1H2,2H3;2*1H;. The summed E-state index contributed by atoms with van der Waals surface area (Å²) in [6.45, 7) is 4.57. The molecule has 0 fully saturated rings. The Labute approximate surface area is 110 Å². The van der Waals surface area contributed by atoms with Gasteiger partial charge in [0.15, 0.2) is 0 Å². The molecule has 1 aromatic rings. The molecule has 0 aromatic heterocycles. The number of benzene rings is 1. The Kier molecular flexibility index (Phi) is 12.1. The van der Waals surface area contributed by atoms with Crippen LogP contribution in [0.4, 0.5) is 0 Å². The summed E-state index contributed by atoms with van der Waals surface area (Å²) in [5.41, 5.74) is 0. The van der Waals surface area contributed by atoms with Crippen molar-refractivity contribution in [1.29, 1.82) is 0 Å². The maximum atomic E-state index is 5.01. The van der Waals surface area contributed by atoms with E-state index in [1.807, 2.05) is 24.3 Å². The monoisotopic (exact) mass is 312 g/mol. The van der Waals surface area contributed by atoms with E-state index in [0.717, 1.165) is 11.5 Å². The SMILES string of the molecule is C[CH2][Zr][CH2]C.Cl.Cl.c1cc2cc(c1)O2. The summed E-state index contributed by atoms with van der Waals surface area (Å²) in [5.74, 6) is 1.97. The Morgan fingerprint density at radius 2 is 1.50 bits per heavy atom. The van der Waals surface area contributed by atoms with Crippen molar-refractivity contribution >= 4 is 24.8 Å². The molecule has 2 heterocycles. The molecule has 2 aliphatic rings. The van der Waals surface area contributed by atoms with Gasteiger partial charge < -0.3 is 4.74 Å². The van der Waals surface area contributed by atoms with Gasteiger partial charge >= 0.3 is 45.3 Å². The second kappa shape index (κ2) is 10.0. The molecule has 0 radical (unpaired) electrons. The molecule has 1 nitrogen and oxygen atoms in total. The van der Waals surface area contributed by atoms with Gasteiger partial charge in [0.25, 0.3) is 0 Å². The second-order valence-corrected chi connectivity index (χ2v) is 7.24. The Hall–Kier alpha value is 0.483. The first kappa shape index (κ1) is 16.9. The van der Waals surface area contributed by atoms with Crippen LogP contribution < -0.4 is 4.74 Å². The zero-order valence-corrected chi connectivity index (χ0v) is 12.5. The third kappa shape index (κ3) is 6.06. The van der Waals surface area contributed by atoms with Crippen molar-refractivity contribution in [3.05, 3.63) is 24.3 Å². The molecule has 4 heteroatoms. The minimum absolute atomic E-state index is 0. The summed E-state index contributed by atoms with van der Waals surface area (Å²) in [6, 6.07) is 7.86. The van der Waals surface area contributed by atoms with Crippen LogP contribution in [0.15, 0.2) is 24.3 Å². The summed E-state index contributed by atoms with van der Waals surface area (Å²) in [7, 11) is 0. The van der Waals surface area contributed by atoms with Crippen LogP contribution >= 0.6 is 24.8 Å². The van der Waals surface area contributed by atoms with Gasteiger partial charge in [-0.15, -0.1) is 24.8 Å². The third-order valence-electron chi connectivity index (χ3n) is 1.54. The van der Waals surface area contributed by atoms with Gasteiger partial charge in [0.2, 0.25) is 0 Å². The molecule has 1 aromatic carbocycles. The molecule has 2 bridgehead atoms. The molecule has 0 saturated heterocycles. The molecular formula is C10H16Cl2OZr. The fraction of sp³-hybridized carbons (Fsp3) is 0.400. The molecule has 0 atom stereocenters. The van der Waals surface area contributed by atoms with Crippen LogP contribution in [0, 0.1) is 0 Å². The van der Waals surface area contributed by atoms with E-state index in [-0.39, 0.29) is 48.0 Å². The summed E-state index contributed by atoms with van der Waals surface area (Å²) < 4.78 is 8.04. The molecule has 0 saturated carbocycles. The van der Waals surface area contributed by atoms with Gasteiger partial charge in [0.05, 0.1) is 0 Å². The van der Waals surface area contributed by atoms with Gasteiger partial charge in [-0.2, -0.15) is 0 Å². The summed E-state index contributed by atoms with van der Waals surface area (Å²) in [6.07, 6.45) is 0. The molecule has 0 aliphatic carbocycles. The number of hydrogen-bond acceptors (Lipinski definition) is 1. The molecule has 3 rings (SSSR count). The van der Waals surface area contributed by atoms with Gasteiger partial charge in [0, 0.05) is 6.07 Å². The predicted octanol–water partition coefficient (Wildman–Crippen LogP) is 4.58. The first-order chi connectivity index (χ1) is 5.86. The number of rotatable bonds is 2. The summed E-state index contributed by atoms with van der Waals surface area (Å²) in [5, 5.41) is 0. The van der Waals surface area contributed by atoms with Crippen molar-refractivity contribution in [2.75, 3.05) is 0 Å². The second-order valence-electron chi connectivity index (χ2n) is 2.53. The molecule has 0 spiro atoms. The van der Waals surface area contributed by atoms with Crippen LogP contribution in [0.2, 0.25) is 8.26 Å². The summed E-state index contributed by atoms with van der Waals surface area (Å²) in [4.78, 5) is 0. The molecule has 2 aliphatic heterocycles. The molecule has 14 heavy (non-hydrogen) atoms. The smallest absolute Gasteiger partial charge is 0.131 e. The normalized spacial score (nSPS) is 8.71. The quantitative estimate of drug-likeness (QED) is 0.788. The van der Waals surface area contributed by atoms with Gasteiger partial charge in [-0.05, 0) is 12.1 Å². The topological polar surface area (TPSA) is 9.23 Å². The van der Waals surface area contributed by atoms with E-state index in [2.05, 4.69) is 13.8 Å². The molecule has 0 unspecified atom stereocenters. The molecule has 0 amide bonds. The number of fused-ring (bicyclic) bond motifs is 2. The van der Waals surface area contributed by atoms with E-state index in [1.165, 1.54) is 8.26 Å². The van der Waals surface area contributed by atoms with E-state index in [4.69, 9.17) is 4.74 Å². The predicted molar refractivity (Wildman–Crippen MR) is 62.0 cm³/mol. The van der Waals surface area contributed by atoms with Crippen molar-refractivity contribution in [3.63, 3.8) is 0 Å². The first-order valence-corrected chi connectivity index (χ1v) is 7.83. The van der Waals surface area contributed by atoms with Crippen LogP contribution in [-0.4, -0.2) is 0 Å². The molecule has 80 valence electrons. The van der Waals surface area contributed by atoms with Crippen molar-refractivity contribution in [1.82, 2.24) is 0 Å². The van der Waals surface area contributed by atoms with Gasteiger partial charge in [-0.25, -0.2) is 0 Å². The maximum Gasteiger partial charge on any atom is 0.131 e. The molecular weight excluding hydrogens is 298 g/mol. The zero-order chi connectivity index (χ0) is 8.81. The van der Waals surface area contributed by atoms with E-state index in [0.29, 0.717) is 0 Å². The Morgan fingerprint density at radius 1 is 1.07 bits per heavy atom. The maximum absolute atomic E-state index is 5.01. The van der Waals surface area contributed by atoms with Gasteiger partial charge in [-0.3, -0.25) is 0 Å². The number of halogens is 2. The van der Waals surface area contributed by atoms with Crippen LogP contribution in [-0.2, 0) is 23.2 Å². The van der Waals surface area contributed by atoms with E-state index < -0.39 is 0 Å². The average molecular weight is 314 g/mol. The van der Waals surface area contributed by atoms with Crippen molar-refractivity contribution in [2.24, 2.45) is 0 Å². The number of ether oxygens (including phenoxy) is 1. The van der Waals surface area contributed by atoms with Gasteiger partial charge in [0.1, 0.15) is 11.5 Å². The summed E-state index contributed by atoms with van der Waals surface area (Å²) >= 11 is 0.218. The Morgan fingerprint density at radius 3 is 1.57 bits per heavy atom. The third-order valence-corrected chi connectivity index (χ3v) is 4.00. The van der Waals surface area contributed by atoms with Crippen molar-refractivity contribution in [2.45, 2.75) is 22.1 Å².